The van der Waals surface area contributed by atoms with Crippen LogP contribution in [0.15, 0.2) is 30.7 Å². The smallest absolute Gasteiger partial charge is 0.227 e. The Morgan fingerprint density at radius 2 is 1.89 bits per heavy atom. The molecule has 0 radical (unpaired) electrons. The Kier molecular flexibility index (Phi) is 5.45. The molecular formula is C19H24FN5O2. The van der Waals surface area contributed by atoms with Gasteiger partial charge in [0.05, 0.1) is 25.5 Å². The number of morpholine rings is 1. The van der Waals surface area contributed by atoms with Gasteiger partial charge in [0, 0.05) is 38.6 Å². The van der Waals surface area contributed by atoms with E-state index in [1.165, 1.54) is 6.20 Å². The molecule has 2 fully saturated rings. The maximum Gasteiger partial charge on any atom is 0.227 e. The molecule has 0 aromatic carbocycles. The highest BCUT2D eigenvalue weighted by atomic mass is 19.1. The predicted molar refractivity (Wildman–Crippen MR) is 99.2 cm³/mol. The SMILES string of the molecule is O[C@H](c1cccnc1)C1CCN(c2ncc(F)c(N3CCOCC3)n2)CC1. The largest absolute Gasteiger partial charge is 0.388 e. The van der Waals surface area contributed by atoms with Crippen molar-refractivity contribution in [2.75, 3.05) is 49.2 Å². The molecule has 0 saturated carbocycles. The number of aliphatic hydroxyl groups is 1. The van der Waals surface area contributed by atoms with Gasteiger partial charge in [0.15, 0.2) is 11.6 Å². The van der Waals surface area contributed by atoms with Gasteiger partial charge < -0.3 is 19.6 Å². The van der Waals surface area contributed by atoms with Crippen LogP contribution in [0.3, 0.4) is 0 Å². The number of rotatable bonds is 4. The molecule has 2 aromatic rings. The molecule has 2 saturated heterocycles. The molecule has 2 aliphatic rings. The summed E-state index contributed by atoms with van der Waals surface area (Å²) >= 11 is 0. The molecule has 27 heavy (non-hydrogen) atoms. The van der Waals surface area contributed by atoms with Crippen molar-refractivity contribution in [2.45, 2.75) is 18.9 Å². The van der Waals surface area contributed by atoms with E-state index in [4.69, 9.17) is 4.74 Å². The van der Waals surface area contributed by atoms with Gasteiger partial charge in [0.2, 0.25) is 5.95 Å². The van der Waals surface area contributed by atoms with E-state index in [0.717, 1.165) is 31.5 Å². The van der Waals surface area contributed by atoms with Gasteiger partial charge in [-0.2, -0.15) is 4.98 Å². The molecule has 0 bridgehead atoms. The van der Waals surface area contributed by atoms with E-state index >= 15 is 0 Å². The Hall–Kier alpha value is -2.32. The number of hydrogen-bond donors (Lipinski definition) is 1. The maximum absolute atomic E-state index is 14.2. The third kappa shape index (κ3) is 4.01. The average molecular weight is 373 g/mol. The van der Waals surface area contributed by atoms with Crippen LogP contribution in [0.5, 0.6) is 0 Å². The molecule has 7 nitrogen and oxygen atoms in total. The van der Waals surface area contributed by atoms with Crippen LogP contribution in [0.4, 0.5) is 16.2 Å². The summed E-state index contributed by atoms with van der Waals surface area (Å²) in [5.41, 5.74) is 0.851. The molecule has 2 aliphatic heterocycles. The monoisotopic (exact) mass is 373 g/mol. The van der Waals surface area contributed by atoms with Crippen molar-refractivity contribution < 1.29 is 14.2 Å². The molecule has 0 amide bonds. The van der Waals surface area contributed by atoms with E-state index in [1.807, 2.05) is 17.0 Å². The first kappa shape index (κ1) is 18.1. The molecule has 8 heteroatoms. The fraction of sp³-hybridized carbons (Fsp3) is 0.526. The fourth-order valence-corrected chi connectivity index (χ4v) is 3.74. The number of aromatic nitrogens is 3. The average Bonchev–Trinajstić information content (AvgIpc) is 2.75. The van der Waals surface area contributed by atoms with E-state index in [0.29, 0.717) is 38.1 Å². The Morgan fingerprint density at radius 3 is 2.59 bits per heavy atom. The summed E-state index contributed by atoms with van der Waals surface area (Å²) in [5.74, 6) is 0.667. The second-order valence-corrected chi connectivity index (χ2v) is 7.00. The van der Waals surface area contributed by atoms with Gasteiger partial charge in [0.1, 0.15) is 0 Å². The topological polar surface area (TPSA) is 74.6 Å². The Morgan fingerprint density at radius 1 is 1.11 bits per heavy atom. The van der Waals surface area contributed by atoms with Crippen LogP contribution in [0.2, 0.25) is 0 Å². The number of pyridine rings is 1. The molecule has 0 aliphatic carbocycles. The van der Waals surface area contributed by atoms with Crippen molar-refractivity contribution in [3.63, 3.8) is 0 Å². The third-order valence-electron chi connectivity index (χ3n) is 5.32. The predicted octanol–water partition coefficient (Wildman–Crippen LogP) is 1.80. The van der Waals surface area contributed by atoms with Crippen molar-refractivity contribution in [2.24, 2.45) is 5.92 Å². The second-order valence-electron chi connectivity index (χ2n) is 7.00. The standard InChI is InChI=1S/C19H24FN5O2/c20-16-13-22-19(23-18(16)24-8-10-27-11-9-24)25-6-3-14(4-7-25)17(26)15-2-1-5-21-12-15/h1-2,5,12-14,17,26H,3-4,6-11H2/t17-/m0/s1. The summed E-state index contributed by atoms with van der Waals surface area (Å²) in [5, 5.41) is 10.6. The van der Waals surface area contributed by atoms with Crippen molar-refractivity contribution in [3.05, 3.63) is 42.1 Å². The van der Waals surface area contributed by atoms with Gasteiger partial charge in [-0.3, -0.25) is 4.98 Å². The van der Waals surface area contributed by atoms with Gasteiger partial charge in [-0.15, -0.1) is 0 Å². The lowest BCUT2D eigenvalue weighted by molar-refractivity contribution is 0.0924. The van der Waals surface area contributed by atoms with Crippen molar-refractivity contribution in [1.82, 2.24) is 15.0 Å². The van der Waals surface area contributed by atoms with E-state index in [1.54, 1.807) is 12.4 Å². The Bertz CT molecular complexity index is 749. The number of anilines is 2. The van der Waals surface area contributed by atoms with Crippen LogP contribution < -0.4 is 9.80 Å². The molecule has 1 N–H and O–H groups in total. The first-order valence-electron chi connectivity index (χ1n) is 9.40. The second kappa shape index (κ2) is 8.14. The maximum atomic E-state index is 14.2. The summed E-state index contributed by atoms with van der Waals surface area (Å²) < 4.78 is 19.5. The van der Waals surface area contributed by atoms with Crippen molar-refractivity contribution in [1.29, 1.82) is 0 Å². The number of ether oxygens (including phenoxy) is 1. The van der Waals surface area contributed by atoms with Crippen LogP contribution in [-0.4, -0.2) is 59.5 Å². The van der Waals surface area contributed by atoms with Crippen molar-refractivity contribution in [3.8, 4) is 0 Å². The lowest BCUT2D eigenvalue weighted by Crippen LogP contribution is -2.39. The minimum Gasteiger partial charge on any atom is -0.388 e. The van der Waals surface area contributed by atoms with Crippen LogP contribution in [0.25, 0.3) is 0 Å². The number of hydrogen-bond acceptors (Lipinski definition) is 7. The van der Waals surface area contributed by atoms with Gasteiger partial charge in [-0.05, 0) is 30.4 Å². The van der Waals surface area contributed by atoms with Crippen molar-refractivity contribution >= 4 is 11.8 Å². The van der Waals surface area contributed by atoms with E-state index < -0.39 is 11.9 Å². The Labute approximate surface area is 157 Å². The molecule has 0 unspecified atom stereocenters. The van der Waals surface area contributed by atoms with Gasteiger partial charge in [-0.25, -0.2) is 9.37 Å². The third-order valence-corrected chi connectivity index (χ3v) is 5.32. The molecule has 4 heterocycles. The van der Waals surface area contributed by atoms with Crippen LogP contribution >= 0.6 is 0 Å². The summed E-state index contributed by atoms with van der Waals surface area (Å²) in [7, 11) is 0. The van der Waals surface area contributed by atoms with Gasteiger partial charge in [-0.1, -0.05) is 6.07 Å². The van der Waals surface area contributed by atoms with E-state index in [2.05, 4.69) is 19.9 Å². The Balaban J connectivity index is 1.42. The molecule has 144 valence electrons. The summed E-state index contributed by atoms with van der Waals surface area (Å²) in [6.45, 7) is 3.89. The minimum absolute atomic E-state index is 0.171. The quantitative estimate of drug-likeness (QED) is 0.876. The van der Waals surface area contributed by atoms with Crippen LogP contribution in [-0.2, 0) is 4.74 Å². The van der Waals surface area contributed by atoms with Crippen LogP contribution in [0, 0.1) is 11.7 Å². The van der Waals surface area contributed by atoms with Crippen LogP contribution in [0.1, 0.15) is 24.5 Å². The molecular weight excluding hydrogens is 349 g/mol. The van der Waals surface area contributed by atoms with E-state index in [-0.39, 0.29) is 5.92 Å². The summed E-state index contributed by atoms with van der Waals surface area (Å²) in [4.78, 5) is 16.7. The first-order valence-corrected chi connectivity index (χ1v) is 9.40. The van der Waals surface area contributed by atoms with Gasteiger partial charge >= 0.3 is 0 Å². The lowest BCUT2D eigenvalue weighted by Gasteiger charge is -2.35. The number of piperidine rings is 1. The normalized spacial score (nSPS) is 19.9. The highest BCUT2D eigenvalue weighted by Gasteiger charge is 2.28. The zero-order chi connectivity index (χ0) is 18.6. The zero-order valence-electron chi connectivity index (χ0n) is 15.2. The summed E-state index contributed by atoms with van der Waals surface area (Å²) in [6, 6.07) is 3.74. The highest BCUT2D eigenvalue weighted by Crippen LogP contribution is 2.31. The first-order chi connectivity index (χ1) is 13.2. The highest BCUT2D eigenvalue weighted by molar-refractivity contribution is 5.45. The molecule has 0 spiro atoms. The fourth-order valence-electron chi connectivity index (χ4n) is 3.74. The van der Waals surface area contributed by atoms with E-state index in [9.17, 15) is 9.50 Å². The number of nitrogens with zero attached hydrogens (tertiary/aromatic N) is 5. The van der Waals surface area contributed by atoms with Gasteiger partial charge in [0.25, 0.3) is 0 Å². The molecule has 2 aromatic heterocycles. The minimum atomic E-state index is -0.515. The molecule has 1 atom stereocenters. The summed E-state index contributed by atoms with van der Waals surface area (Å²) in [6.07, 6.45) is 5.81. The number of aliphatic hydroxyl groups excluding tert-OH is 1. The zero-order valence-corrected chi connectivity index (χ0v) is 15.2. The lowest BCUT2D eigenvalue weighted by atomic mass is 9.88. The number of halogens is 1. The molecule has 4 rings (SSSR count).